The molecule has 0 radical (unpaired) electrons. The van der Waals surface area contributed by atoms with E-state index in [2.05, 4.69) is 15.4 Å². The van der Waals surface area contributed by atoms with E-state index in [0.717, 1.165) is 12.0 Å². The van der Waals surface area contributed by atoms with Crippen LogP contribution < -0.4 is 10.9 Å². The first kappa shape index (κ1) is 20.4. The van der Waals surface area contributed by atoms with Crippen molar-refractivity contribution in [3.05, 3.63) is 82.5 Å². The SMILES string of the molecule is O=C(CC1CSc2nc3c(cnn3-c3ccc(F)cc3)c(=O)n21)NCCc1ccccc1. The van der Waals surface area contributed by atoms with Gasteiger partial charge in [-0.05, 0) is 36.2 Å². The van der Waals surface area contributed by atoms with Crippen LogP contribution in [0.3, 0.4) is 0 Å². The van der Waals surface area contributed by atoms with Crippen molar-refractivity contribution >= 4 is 28.7 Å². The Labute approximate surface area is 187 Å². The number of carbonyl (C=O) groups is 1. The van der Waals surface area contributed by atoms with Gasteiger partial charge in [0.2, 0.25) is 5.91 Å². The Balaban J connectivity index is 1.33. The van der Waals surface area contributed by atoms with Gasteiger partial charge in [0.05, 0.1) is 17.9 Å². The van der Waals surface area contributed by atoms with E-state index in [1.165, 1.54) is 34.8 Å². The maximum atomic E-state index is 13.3. The fourth-order valence-electron chi connectivity index (χ4n) is 3.83. The van der Waals surface area contributed by atoms with E-state index in [1.54, 1.807) is 16.7 Å². The van der Waals surface area contributed by atoms with Gasteiger partial charge in [-0.15, -0.1) is 0 Å². The minimum absolute atomic E-state index is 0.0895. The zero-order valence-corrected chi connectivity index (χ0v) is 17.9. The molecule has 9 heteroatoms. The summed E-state index contributed by atoms with van der Waals surface area (Å²) >= 11 is 1.45. The van der Waals surface area contributed by atoms with Crippen LogP contribution in [0, 0.1) is 5.82 Å². The normalized spacial score (nSPS) is 15.1. The number of nitrogens with one attached hydrogen (secondary N) is 1. The van der Waals surface area contributed by atoms with Crippen molar-refractivity contribution in [3.8, 4) is 5.69 Å². The maximum Gasteiger partial charge on any atom is 0.265 e. The lowest BCUT2D eigenvalue weighted by Crippen LogP contribution is -2.31. The predicted molar refractivity (Wildman–Crippen MR) is 121 cm³/mol. The fraction of sp³-hybridized carbons (Fsp3) is 0.217. The molecule has 3 heterocycles. The number of benzene rings is 2. The number of fused-ring (bicyclic) bond motifs is 2. The molecule has 1 aliphatic heterocycles. The summed E-state index contributed by atoms with van der Waals surface area (Å²) < 4.78 is 16.4. The first-order chi connectivity index (χ1) is 15.6. The molecule has 0 saturated heterocycles. The zero-order valence-electron chi connectivity index (χ0n) is 17.1. The van der Waals surface area contributed by atoms with Crippen LogP contribution in [0.4, 0.5) is 4.39 Å². The van der Waals surface area contributed by atoms with Crippen molar-refractivity contribution in [1.29, 1.82) is 0 Å². The molecule has 1 atom stereocenters. The van der Waals surface area contributed by atoms with Crippen molar-refractivity contribution in [1.82, 2.24) is 24.6 Å². The lowest BCUT2D eigenvalue weighted by Gasteiger charge is -2.13. The predicted octanol–water partition coefficient (Wildman–Crippen LogP) is 3.12. The van der Waals surface area contributed by atoms with Gasteiger partial charge in [0.15, 0.2) is 10.8 Å². The number of halogens is 1. The number of carbonyl (C=O) groups excluding carboxylic acids is 1. The summed E-state index contributed by atoms with van der Waals surface area (Å²) in [6, 6.07) is 15.6. The topological polar surface area (TPSA) is 81.8 Å². The lowest BCUT2D eigenvalue weighted by atomic mass is 10.1. The third kappa shape index (κ3) is 3.91. The van der Waals surface area contributed by atoms with Gasteiger partial charge in [-0.2, -0.15) is 5.10 Å². The molecule has 1 aliphatic rings. The average Bonchev–Trinajstić information content (AvgIpc) is 3.40. The summed E-state index contributed by atoms with van der Waals surface area (Å²) in [5, 5.41) is 8.16. The van der Waals surface area contributed by atoms with Crippen molar-refractivity contribution in [3.63, 3.8) is 0 Å². The van der Waals surface area contributed by atoms with Gasteiger partial charge >= 0.3 is 0 Å². The molecule has 0 bridgehead atoms. The van der Waals surface area contributed by atoms with Crippen molar-refractivity contribution in [2.45, 2.75) is 24.0 Å². The second-order valence-corrected chi connectivity index (χ2v) is 8.58. The Morgan fingerprint density at radius 2 is 1.94 bits per heavy atom. The summed E-state index contributed by atoms with van der Waals surface area (Å²) in [7, 11) is 0. The number of amides is 1. The van der Waals surface area contributed by atoms with E-state index in [0.29, 0.717) is 34.2 Å². The highest BCUT2D eigenvalue weighted by molar-refractivity contribution is 7.99. The van der Waals surface area contributed by atoms with E-state index in [9.17, 15) is 14.0 Å². The van der Waals surface area contributed by atoms with E-state index in [-0.39, 0.29) is 29.7 Å². The molecule has 1 unspecified atom stereocenters. The number of rotatable bonds is 6. The largest absolute Gasteiger partial charge is 0.356 e. The molecule has 2 aromatic heterocycles. The number of nitrogens with zero attached hydrogens (tertiary/aromatic N) is 4. The van der Waals surface area contributed by atoms with Crippen LogP contribution in [0.2, 0.25) is 0 Å². The van der Waals surface area contributed by atoms with Crippen molar-refractivity contribution in [2.24, 2.45) is 0 Å². The molecule has 2 aromatic carbocycles. The molecule has 4 aromatic rings. The van der Waals surface area contributed by atoms with Gasteiger partial charge in [0.25, 0.3) is 5.56 Å². The maximum absolute atomic E-state index is 13.3. The molecule has 0 saturated carbocycles. The molecular formula is C23H20FN5O2S. The van der Waals surface area contributed by atoms with Crippen LogP contribution in [0.15, 0.2) is 70.7 Å². The van der Waals surface area contributed by atoms with Gasteiger partial charge in [0, 0.05) is 18.7 Å². The number of aromatic nitrogens is 4. The molecule has 0 spiro atoms. The first-order valence-corrected chi connectivity index (χ1v) is 11.3. The third-order valence-electron chi connectivity index (χ3n) is 5.44. The number of thioether (sulfide) groups is 1. The second kappa shape index (κ2) is 8.58. The Kier molecular flexibility index (Phi) is 5.48. The second-order valence-electron chi connectivity index (χ2n) is 7.59. The minimum atomic E-state index is -0.348. The van der Waals surface area contributed by atoms with Gasteiger partial charge < -0.3 is 5.32 Å². The average molecular weight is 450 g/mol. The highest BCUT2D eigenvalue weighted by Gasteiger charge is 2.29. The van der Waals surface area contributed by atoms with Crippen LogP contribution in [0.25, 0.3) is 16.7 Å². The Bertz CT molecular complexity index is 1330. The quantitative estimate of drug-likeness (QED) is 0.458. The third-order valence-corrected chi connectivity index (χ3v) is 6.54. The van der Waals surface area contributed by atoms with Crippen molar-refractivity contribution < 1.29 is 9.18 Å². The van der Waals surface area contributed by atoms with Crippen molar-refractivity contribution in [2.75, 3.05) is 12.3 Å². The van der Waals surface area contributed by atoms with Crippen LogP contribution in [0.1, 0.15) is 18.0 Å². The molecule has 0 fully saturated rings. The van der Waals surface area contributed by atoms with E-state index < -0.39 is 0 Å². The molecule has 162 valence electrons. The molecule has 5 rings (SSSR count). The molecule has 7 nitrogen and oxygen atoms in total. The van der Waals surface area contributed by atoms with Gasteiger partial charge in [-0.1, -0.05) is 42.1 Å². The van der Waals surface area contributed by atoms with Gasteiger partial charge in [-0.3, -0.25) is 14.2 Å². The molecule has 0 aliphatic carbocycles. The fourth-order valence-corrected chi connectivity index (χ4v) is 4.96. The highest BCUT2D eigenvalue weighted by atomic mass is 32.2. The van der Waals surface area contributed by atoms with E-state index >= 15 is 0 Å². The first-order valence-electron chi connectivity index (χ1n) is 10.3. The molecule has 32 heavy (non-hydrogen) atoms. The summed E-state index contributed by atoms with van der Waals surface area (Å²) in [6.07, 6.45) is 2.45. The summed E-state index contributed by atoms with van der Waals surface area (Å²) in [5.74, 6) is 0.165. The van der Waals surface area contributed by atoms with E-state index in [4.69, 9.17) is 0 Å². The van der Waals surface area contributed by atoms with Crippen LogP contribution in [-0.4, -0.2) is 37.5 Å². The number of hydrogen-bond acceptors (Lipinski definition) is 5. The Morgan fingerprint density at radius 3 is 2.72 bits per heavy atom. The molecule has 1 amide bonds. The lowest BCUT2D eigenvalue weighted by molar-refractivity contribution is -0.121. The minimum Gasteiger partial charge on any atom is -0.356 e. The van der Waals surface area contributed by atoms with E-state index in [1.807, 2.05) is 30.3 Å². The standard InChI is InChI=1S/C23H20FN5O2S/c24-16-6-8-17(9-7-16)29-21-19(13-26-29)22(31)28-18(14-32-23(28)27-21)12-20(30)25-11-10-15-4-2-1-3-5-15/h1-9,13,18H,10-12,14H2,(H,25,30). The monoisotopic (exact) mass is 449 g/mol. The van der Waals surface area contributed by atoms with Gasteiger partial charge in [0.1, 0.15) is 11.2 Å². The van der Waals surface area contributed by atoms with Gasteiger partial charge in [-0.25, -0.2) is 14.1 Å². The Morgan fingerprint density at radius 1 is 1.16 bits per heavy atom. The summed E-state index contributed by atoms with van der Waals surface area (Å²) in [5.41, 5.74) is 1.99. The summed E-state index contributed by atoms with van der Waals surface area (Å²) in [4.78, 5) is 30.3. The van der Waals surface area contributed by atoms with Crippen LogP contribution in [-0.2, 0) is 11.2 Å². The highest BCUT2D eigenvalue weighted by Crippen LogP contribution is 2.33. The zero-order chi connectivity index (χ0) is 22.1. The van der Waals surface area contributed by atoms with Crippen LogP contribution >= 0.6 is 11.8 Å². The molecular weight excluding hydrogens is 429 g/mol. The number of hydrogen-bond donors (Lipinski definition) is 1. The molecule has 1 N–H and O–H groups in total. The smallest absolute Gasteiger partial charge is 0.265 e. The summed E-state index contributed by atoms with van der Waals surface area (Å²) in [6.45, 7) is 0.548. The van der Waals surface area contributed by atoms with Crippen LogP contribution in [0.5, 0.6) is 0 Å². The Hall–Kier alpha value is -3.46.